The van der Waals surface area contributed by atoms with Crippen LogP contribution in [0.5, 0.6) is 0 Å². The van der Waals surface area contributed by atoms with E-state index in [4.69, 9.17) is 0 Å². The predicted molar refractivity (Wildman–Crippen MR) is 69.4 cm³/mol. The van der Waals surface area contributed by atoms with Crippen LogP contribution in [0.4, 0.5) is 0 Å². The SMILES string of the molecule is Cc1sc(CNCc2nccs2)cc1Br. The summed E-state index contributed by atoms with van der Waals surface area (Å²) in [4.78, 5) is 6.91. The number of hydrogen-bond donors (Lipinski definition) is 1. The van der Waals surface area contributed by atoms with Crippen molar-refractivity contribution in [2.75, 3.05) is 0 Å². The highest BCUT2D eigenvalue weighted by Gasteiger charge is 2.02. The smallest absolute Gasteiger partial charge is 0.106 e. The van der Waals surface area contributed by atoms with Gasteiger partial charge in [0.1, 0.15) is 5.01 Å². The molecule has 1 N–H and O–H groups in total. The number of thiazole rings is 1. The van der Waals surface area contributed by atoms with E-state index in [0.29, 0.717) is 0 Å². The minimum atomic E-state index is 0.853. The summed E-state index contributed by atoms with van der Waals surface area (Å²) < 4.78 is 1.21. The van der Waals surface area contributed by atoms with Crippen molar-refractivity contribution in [2.24, 2.45) is 0 Å². The van der Waals surface area contributed by atoms with Crippen LogP contribution in [-0.2, 0) is 13.1 Å². The summed E-state index contributed by atoms with van der Waals surface area (Å²) in [5.74, 6) is 0. The Bertz CT molecular complexity index is 403. The Morgan fingerprint density at radius 2 is 2.33 bits per heavy atom. The van der Waals surface area contributed by atoms with E-state index in [1.165, 1.54) is 14.2 Å². The van der Waals surface area contributed by atoms with Crippen LogP contribution in [0.1, 0.15) is 14.8 Å². The fourth-order valence-corrected chi connectivity index (χ4v) is 3.40. The number of halogens is 1. The summed E-state index contributed by atoms with van der Waals surface area (Å²) >= 11 is 7.03. The topological polar surface area (TPSA) is 24.9 Å². The van der Waals surface area contributed by atoms with Gasteiger partial charge in [-0.3, -0.25) is 0 Å². The van der Waals surface area contributed by atoms with Crippen LogP contribution in [0.2, 0.25) is 0 Å². The van der Waals surface area contributed by atoms with Gasteiger partial charge in [0, 0.05) is 38.9 Å². The Morgan fingerprint density at radius 1 is 1.47 bits per heavy atom. The molecule has 2 nitrogen and oxygen atoms in total. The second-order valence-corrected chi connectivity index (χ2v) is 6.32. The molecule has 80 valence electrons. The molecule has 2 heterocycles. The zero-order chi connectivity index (χ0) is 10.7. The fraction of sp³-hybridized carbons (Fsp3) is 0.300. The van der Waals surface area contributed by atoms with Gasteiger partial charge >= 0.3 is 0 Å². The molecule has 0 amide bonds. The van der Waals surface area contributed by atoms with Gasteiger partial charge in [-0.25, -0.2) is 4.98 Å². The molecule has 0 aliphatic rings. The van der Waals surface area contributed by atoms with E-state index >= 15 is 0 Å². The summed E-state index contributed by atoms with van der Waals surface area (Å²) in [6, 6.07) is 2.18. The van der Waals surface area contributed by atoms with Crippen molar-refractivity contribution < 1.29 is 0 Å². The molecule has 2 aromatic rings. The highest BCUT2D eigenvalue weighted by molar-refractivity contribution is 9.10. The quantitative estimate of drug-likeness (QED) is 0.934. The Hall–Kier alpha value is -0.230. The highest BCUT2D eigenvalue weighted by Crippen LogP contribution is 2.26. The second kappa shape index (κ2) is 5.21. The van der Waals surface area contributed by atoms with E-state index in [1.807, 2.05) is 22.9 Å². The van der Waals surface area contributed by atoms with Gasteiger partial charge in [0.2, 0.25) is 0 Å². The number of nitrogens with zero attached hydrogens (tertiary/aromatic N) is 1. The van der Waals surface area contributed by atoms with Gasteiger partial charge in [-0.15, -0.1) is 22.7 Å². The maximum atomic E-state index is 4.22. The van der Waals surface area contributed by atoms with E-state index in [-0.39, 0.29) is 0 Å². The van der Waals surface area contributed by atoms with E-state index in [9.17, 15) is 0 Å². The first-order chi connectivity index (χ1) is 7.25. The van der Waals surface area contributed by atoms with E-state index < -0.39 is 0 Å². The molecule has 0 unspecified atom stereocenters. The van der Waals surface area contributed by atoms with Crippen molar-refractivity contribution >= 4 is 38.6 Å². The zero-order valence-electron chi connectivity index (χ0n) is 8.29. The van der Waals surface area contributed by atoms with Crippen molar-refractivity contribution in [2.45, 2.75) is 20.0 Å². The first-order valence-corrected chi connectivity index (χ1v) is 7.08. The van der Waals surface area contributed by atoms with Gasteiger partial charge in [0.25, 0.3) is 0 Å². The zero-order valence-corrected chi connectivity index (χ0v) is 11.5. The average molecular weight is 303 g/mol. The number of nitrogens with one attached hydrogen (secondary N) is 1. The van der Waals surface area contributed by atoms with Crippen LogP contribution in [0.3, 0.4) is 0 Å². The summed E-state index contributed by atoms with van der Waals surface area (Å²) in [6.45, 7) is 3.89. The molecule has 0 bridgehead atoms. The molecule has 0 fully saturated rings. The second-order valence-electron chi connectivity index (χ2n) is 3.15. The van der Waals surface area contributed by atoms with Gasteiger partial charge in [-0.05, 0) is 28.9 Å². The Balaban J connectivity index is 1.83. The molecule has 0 saturated carbocycles. The van der Waals surface area contributed by atoms with Crippen molar-refractivity contribution in [1.82, 2.24) is 10.3 Å². The lowest BCUT2D eigenvalue weighted by molar-refractivity contribution is 0.697. The van der Waals surface area contributed by atoms with E-state index in [2.05, 4.69) is 39.2 Å². The number of hydrogen-bond acceptors (Lipinski definition) is 4. The van der Waals surface area contributed by atoms with Gasteiger partial charge < -0.3 is 5.32 Å². The molecule has 0 aromatic carbocycles. The molecule has 2 aromatic heterocycles. The minimum absolute atomic E-state index is 0.853. The third kappa shape index (κ3) is 3.11. The highest BCUT2D eigenvalue weighted by atomic mass is 79.9. The van der Waals surface area contributed by atoms with Crippen molar-refractivity contribution in [3.8, 4) is 0 Å². The fourth-order valence-electron chi connectivity index (χ4n) is 1.24. The van der Waals surface area contributed by atoms with Crippen LogP contribution < -0.4 is 5.32 Å². The lowest BCUT2D eigenvalue weighted by atomic mass is 10.4. The standard InChI is InChI=1S/C10H11BrN2S2/c1-7-9(11)4-8(15-7)5-12-6-10-13-2-3-14-10/h2-4,12H,5-6H2,1H3. The van der Waals surface area contributed by atoms with Crippen molar-refractivity contribution in [1.29, 1.82) is 0 Å². The number of rotatable bonds is 4. The average Bonchev–Trinajstić information content (AvgIpc) is 2.79. The number of aromatic nitrogens is 1. The summed E-state index contributed by atoms with van der Waals surface area (Å²) in [5.41, 5.74) is 0. The largest absolute Gasteiger partial charge is 0.306 e. The molecule has 0 radical (unpaired) electrons. The summed E-state index contributed by atoms with van der Waals surface area (Å²) in [6.07, 6.45) is 1.84. The van der Waals surface area contributed by atoms with Gasteiger partial charge in [0.05, 0.1) is 0 Å². The van der Waals surface area contributed by atoms with E-state index in [0.717, 1.165) is 18.1 Å². The predicted octanol–water partition coefficient (Wildman–Crippen LogP) is 3.57. The minimum Gasteiger partial charge on any atom is -0.306 e. The van der Waals surface area contributed by atoms with Crippen molar-refractivity contribution in [3.05, 3.63) is 36.9 Å². The Kier molecular flexibility index (Phi) is 3.91. The first kappa shape index (κ1) is 11.3. The molecule has 0 aliphatic heterocycles. The van der Waals surface area contributed by atoms with Crippen LogP contribution >= 0.6 is 38.6 Å². The molecule has 0 spiro atoms. The molecule has 15 heavy (non-hydrogen) atoms. The number of aryl methyl sites for hydroxylation is 1. The molecule has 0 aliphatic carbocycles. The third-order valence-electron chi connectivity index (χ3n) is 1.97. The summed E-state index contributed by atoms with van der Waals surface area (Å²) in [7, 11) is 0. The Labute approximate surface area is 106 Å². The van der Waals surface area contributed by atoms with Crippen LogP contribution in [-0.4, -0.2) is 4.98 Å². The van der Waals surface area contributed by atoms with Gasteiger partial charge in [0.15, 0.2) is 0 Å². The molecular weight excluding hydrogens is 292 g/mol. The lowest BCUT2D eigenvalue weighted by Crippen LogP contribution is -2.11. The van der Waals surface area contributed by atoms with Crippen LogP contribution in [0.25, 0.3) is 0 Å². The molecule has 0 saturated heterocycles. The molecule has 5 heteroatoms. The molecule has 0 atom stereocenters. The summed E-state index contributed by atoms with van der Waals surface area (Å²) in [5, 5.41) is 6.53. The Morgan fingerprint density at radius 3 is 2.93 bits per heavy atom. The maximum Gasteiger partial charge on any atom is 0.106 e. The van der Waals surface area contributed by atoms with Gasteiger partial charge in [-0.2, -0.15) is 0 Å². The number of thiophene rings is 1. The van der Waals surface area contributed by atoms with E-state index in [1.54, 1.807) is 11.3 Å². The first-order valence-electron chi connectivity index (χ1n) is 4.59. The normalized spacial score (nSPS) is 10.8. The maximum absolute atomic E-state index is 4.22. The van der Waals surface area contributed by atoms with Crippen LogP contribution in [0.15, 0.2) is 22.1 Å². The monoisotopic (exact) mass is 302 g/mol. The van der Waals surface area contributed by atoms with Crippen molar-refractivity contribution in [3.63, 3.8) is 0 Å². The third-order valence-corrected chi connectivity index (χ3v) is 4.88. The lowest BCUT2D eigenvalue weighted by Gasteiger charge is -1.98. The van der Waals surface area contributed by atoms with Crippen LogP contribution in [0, 0.1) is 6.92 Å². The molecular formula is C10H11BrN2S2. The van der Waals surface area contributed by atoms with Gasteiger partial charge in [-0.1, -0.05) is 0 Å². The molecule has 2 rings (SSSR count).